The third-order valence-corrected chi connectivity index (χ3v) is 3.86. The first-order chi connectivity index (χ1) is 5.61. The lowest BCUT2D eigenvalue weighted by molar-refractivity contribution is 0.467. The van der Waals surface area contributed by atoms with Gasteiger partial charge in [-0.3, -0.25) is 0 Å². The van der Waals surface area contributed by atoms with Crippen LogP contribution in [0.25, 0.3) is 0 Å². The quantitative estimate of drug-likeness (QED) is 0.646. The number of benzene rings is 1. The van der Waals surface area contributed by atoms with Crippen LogP contribution in [0.2, 0.25) is 0 Å². The van der Waals surface area contributed by atoms with Crippen molar-refractivity contribution >= 4 is 9.84 Å². The van der Waals surface area contributed by atoms with Crippen molar-refractivity contribution in [1.82, 2.24) is 0 Å². The minimum atomic E-state index is -3.09. The molecule has 0 unspecified atom stereocenters. The van der Waals surface area contributed by atoms with Gasteiger partial charge in [0.2, 0.25) is 0 Å². The highest BCUT2D eigenvalue weighted by molar-refractivity contribution is 7.91. The van der Waals surface area contributed by atoms with E-state index in [-0.39, 0.29) is 11.5 Å². The van der Waals surface area contributed by atoms with Gasteiger partial charge in [0, 0.05) is 5.56 Å². The lowest BCUT2D eigenvalue weighted by Crippen LogP contribution is -1.97. The molecule has 0 fully saturated rings. The normalized spacial score (nSPS) is 19.0. The van der Waals surface area contributed by atoms with Crippen molar-refractivity contribution in [2.24, 2.45) is 0 Å². The SMILES string of the molecule is O=S1(=O)CCc2c(O)cccc21. The van der Waals surface area contributed by atoms with Crippen molar-refractivity contribution in [3.63, 3.8) is 0 Å². The fourth-order valence-corrected chi connectivity index (χ4v) is 3.00. The first-order valence-electron chi connectivity index (χ1n) is 3.65. The highest BCUT2D eigenvalue weighted by atomic mass is 32.2. The molecule has 0 atom stereocenters. The maximum absolute atomic E-state index is 11.3. The van der Waals surface area contributed by atoms with Crippen LogP contribution in [0.1, 0.15) is 5.56 Å². The van der Waals surface area contributed by atoms with E-state index in [2.05, 4.69) is 0 Å². The Morgan fingerprint density at radius 1 is 1.33 bits per heavy atom. The van der Waals surface area contributed by atoms with E-state index in [1.165, 1.54) is 12.1 Å². The van der Waals surface area contributed by atoms with Crippen molar-refractivity contribution in [2.45, 2.75) is 11.3 Å². The number of hydrogen-bond donors (Lipinski definition) is 1. The lowest BCUT2D eigenvalue weighted by Gasteiger charge is -1.98. The molecule has 2 rings (SSSR count). The van der Waals surface area contributed by atoms with Gasteiger partial charge in [-0.1, -0.05) is 6.07 Å². The monoisotopic (exact) mass is 184 g/mol. The van der Waals surface area contributed by atoms with Crippen molar-refractivity contribution in [3.8, 4) is 5.75 Å². The number of aromatic hydroxyl groups is 1. The van der Waals surface area contributed by atoms with Crippen LogP contribution in [0, 0.1) is 0 Å². The van der Waals surface area contributed by atoms with Gasteiger partial charge in [0.15, 0.2) is 9.84 Å². The molecule has 0 radical (unpaired) electrons. The van der Waals surface area contributed by atoms with Gasteiger partial charge in [-0.2, -0.15) is 0 Å². The fourth-order valence-electron chi connectivity index (χ4n) is 1.44. The van der Waals surface area contributed by atoms with E-state index >= 15 is 0 Å². The third-order valence-electron chi connectivity index (χ3n) is 2.06. The standard InChI is InChI=1S/C8H8O3S/c9-7-2-1-3-8-6(7)4-5-12(8,10)11/h1-3,9H,4-5H2. The Balaban J connectivity index is 2.78. The van der Waals surface area contributed by atoms with Crippen molar-refractivity contribution in [3.05, 3.63) is 23.8 Å². The van der Waals surface area contributed by atoms with Gasteiger partial charge in [0.05, 0.1) is 10.6 Å². The summed E-state index contributed by atoms with van der Waals surface area (Å²) in [6.45, 7) is 0. The first-order valence-corrected chi connectivity index (χ1v) is 5.30. The van der Waals surface area contributed by atoms with Gasteiger partial charge < -0.3 is 5.11 Å². The molecule has 0 saturated heterocycles. The van der Waals surface area contributed by atoms with Crippen molar-refractivity contribution in [2.75, 3.05) is 5.75 Å². The van der Waals surface area contributed by atoms with Gasteiger partial charge in [-0.05, 0) is 18.6 Å². The summed E-state index contributed by atoms with van der Waals surface area (Å²) >= 11 is 0. The summed E-state index contributed by atoms with van der Waals surface area (Å²) in [6.07, 6.45) is 0.435. The van der Waals surface area contributed by atoms with E-state index in [1.807, 2.05) is 0 Å². The van der Waals surface area contributed by atoms with Gasteiger partial charge in [0.1, 0.15) is 5.75 Å². The summed E-state index contributed by atoms with van der Waals surface area (Å²) in [6, 6.07) is 4.61. The summed E-state index contributed by atoms with van der Waals surface area (Å²) in [7, 11) is -3.09. The molecule has 4 heteroatoms. The highest BCUT2D eigenvalue weighted by Crippen LogP contribution is 2.31. The van der Waals surface area contributed by atoms with Gasteiger partial charge in [-0.15, -0.1) is 0 Å². The summed E-state index contributed by atoms with van der Waals surface area (Å²) < 4.78 is 22.6. The molecule has 0 aromatic heterocycles. The van der Waals surface area contributed by atoms with E-state index in [4.69, 9.17) is 0 Å². The summed E-state index contributed by atoms with van der Waals surface area (Å²) in [4.78, 5) is 0.294. The molecule has 64 valence electrons. The Bertz CT molecular complexity index is 420. The molecule has 0 bridgehead atoms. The van der Waals surface area contributed by atoms with Crippen LogP contribution in [0.3, 0.4) is 0 Å². The minimum absolute atomic E-state index is 0.0913. The molecule has 1 heterocycles. The molecular weight excluding hydrogens is 176 g/mol. The highest BCUT2D eigenvalue weighted by Gasteiger charge is 2.27. The lowest BCUT2D eigenvalue weighted by atomic mass is 10.1. The molecule has 0 aliphatic carbocycles. The smallest absolute Gasteiger partial charge is 0.179 e. The third kappa shape index (κ3) is 0.914. The topological polar surface area (TPSA) is 54.4 Å². The van der Waals surface area contributed by atoms with Gasteiger partial charge in [-0.25, -0.2) is 8.42 Å². The van der Waals surface area contributed by atoms with E-state index in [0.29, 0.717) is 16.9 Å². The number of phenols is 1. The molecule has 1 aliphatic heterocycles. The average molecular weight is 184 g/mol. The van der Waals surface area contributed by atoms with Crippen LogP contribution < -0.4 is 0 Å². The van der Waals surface area contributed by atoms with Crippen LogP contribution in [-0.4, -0.2) is 19.3 Å². The first kappa shape index (κ1) is 7.61. The number of sulfone groups is 1. The van der Waals surface area contributed by atoms with Gasteiger partial charge in [0.25, 0.3) is 0 Å². The Kier molecular flexibility index (Phi) is 1.41. The second-order valence-corrected chi connectivity index (χ2v) is 4.90. The van der Waals surface area contributed by atoms with E-state index in [0.717, 1.165) is 0 Å². The molecule has 1 aromatic carbocycles. The minimum Gasteiger partial charge on any atom is -0.508 e. The molecule has 0 saturated carbocycles. The molecule has 0 spiro atoms. The molecule has 3 nitrogen and oxygen atoms in total. The van der Waals surface area contributed by atoms with E-state index in [9.17, 15) is 13.5 Å². The zero-order valence-electron chi connectivity index (χ0n) is 6.32. The Hall–Kier alpha value is -1.03. The number of phenolic OH excluding ortho intramolecular Hbond substituents is 1. The zero-order valence-corrected chi connectivity index (χ0v) is 7.13. The maximum Gasteiger partial charge on any atom is 0.179 e. The Morgan fingerprint density at radius 2 is 2.08 bits per heavy atom. The summed E-state index contributed by atoms with van der Waals surface area (Å²) in [5, 5.41) is 9.30. The second-order valence-electron chi connectivity index (χ2n) is 2.82. The molecule has 1 aromatic rings. The average Bonchev–Trinajstić information content (AvgIpc) is 2.30. The second kappa shape index (κ2) is 2.23. The molecule has 1 N–H and O–H groups in total. The molecule has 0 amide bonds. The van der Waals surface area contributed by atoms with Gasteiger partial charge >= 0.3 is 0 Å². The van der Waals surface area contributed by atoms with Crippen LogP contribution >= 0.6 is 0 Å². The summed E-state index contributed by atoms with van der Waals surface area (Å²) in [5.41, 5.74) is 0.567. The van der Waals surface area contributed by atoms with Crippen LogP contribution in [0.15, 0.2) is 23.1 Å². The predicted octanol–water partition coefficient (Wildman–Crippen LogP) is 0.722. The largest absolute Gasteiger partial charge is 0.508 e. The van der Waals surface area contributed by atoms with Crippen molar-refractivity contribution < 1.29 is 13.5 Å². The number of rotatable bonds is 0. The molecule has 1 aliphatic rings. The molecular formula is C8H8O3S. The number of fused-ring (bicyclic) bond motifs is 1. The Morgan fingerprint density at radius 3 is 2.75 bits per heavy atom. The van der Waals surface area contributed by atoms with Crippen LogP contribution in [0.5, 0.6) is 5.75 Å². The molecule has 12 heavy (non-hydrogen) atoms. The predicted molar refractivity (Wildman–Crippen MR) is 43.9 cm³/mol. The van der Waals surface area contributed by atoms with E-state index < -0.39 is 9.84 Å². The maximum atomic E-state index is 11.3. The Labute approximate surface area is 70.6 Å². The van der Waals surface area contributed by atoms with Crippen LogP contribution in [0.4, 0.5) is 0 Å². The zero-order chi connectivity index (χ0) is 8.77. The number of hydrogen-bond acceptors (Lipinski definition) is 3. The van der Waals surface area contributed by atoms with Crippen LogP contribution in [-0.2, 0) is 16.3 Å². The van der Waals surface area contributed by atoms with E-state index in [1.54, 1.807) is 6.07 Å². The van der Waals surface area contributed by atoms with Crippen molar-refractivity contribution in [1.29, 1.82) is 0 Å². The summed E-state index contributed by atoms with van der Waals surface area (Å²) in [5.74, 6) is 0.216. The fraction of sp³-hybridized carbons (Fsp3) is 0.250.